The monoisotopic (exact) mass is 374 g/mol. The number of amides is 1. The molecule has 1 rings (SSSR count). The van der Waals surface area contributed by atoms with Crippen LogP contribution >= 0.6 is 0 Å². The molecular formula is C16H26N2O6S. The van der Waals surface area contributed by atoms with Gasteiger partial charge < -0.3 is 19.5 Å². The Morgan fingerprint density at radius 2 is 1.84 bits per heavy atom. The zero-order valence-corrected chi connectivity index (χ0v) is 15.6. The van der Waals surface area contributed by atoms with Gasteiger partial charge in [0.2, 0.25) is 15.9 Å². The molecule has 1 aromatic carbocycles. The van der Waals surface area contributed by atoms with Gasteiger partial charge in [-0.15, -0.1) is 0 Å². The second-order valence-electron chi connectivity index (χ2n) is 5.06. The maximum absolute atomic E-state index is 12.3. The molecule has 0 fully saturated rings. The SMILES string of the molecule is CCOCCCNC(=O)CCNS(=O)(=O)c1ccc(OC)c(OC)c1. The van der Waals surface area contributed by atoms with E-state index in [0.717, 1.165) is 6.42 Å². The topological polar surface area (TPSA) is 103 Å². The fourth-order valence-corrected chi connectivity index (χ4v) is 3.05. The van der Waals surface area contributed by atoms with Gasteiger partial charge >= 0.3 is 0 Å². The second kappa shape index (κ2) is 10.9. The van der Waals surface area contributed by atoms with Gasteiger partial charge in [-0.25, -0.2) is 13.1 Å². The molecule has 0 saturated heterocycles. The van der Waals surface area contributed by atoms with Crippen molar-refractivity contribution in [3.63, 3.8) is 0 Å². The van der Waals surface area contributed by atoms with Gasteiger partial charge in [-0.05, 0) is 25.5 Å². The molecular weight excluding hydrogens is 348 g/mol. The average Bonchev–Trinajstić information content (AvgIpc) is 2.60. The van der Waals surface area contributed by atoms with Crippen molar-refractivity contribution in [1.29, 1.82) is 0 Å². The van der Waals surface area contributed by atoms with E-state index in [-0.39, 0.29) is 23.8 Å². The van der Waals surface area contributed by atoms with Gasteiger partial charge in [-0.2, -0.15) is 0 Å². The van der Waals surface area contributed by atoms with Crippen LogP contribution in [0.15, 0.2) is 23.1 Å². The number of hydrogen-bond donors (Lipinski definition) is 2. The van der Waals surface area contributed by atoms with Crippen molar-refractivity contribution < 1.29 is 27.4 Å². The van der Waals surface area contributed by atoms with Crippen LogP contribution in [0, 0.1) is 0 Å². The van der Waals surface area contributed by atoms with E-state index >= 15 is 0 Å². The minimum Gasteiger partial charge on any atom is -0.493 e. The lowest BCUT2D eigenvalue weighted by Crippen LogP contribution is -2.31. The highest BCUT2D eigenvalue weighted by Gasteiger charge is 2.17. The van der Waals surface area contributed by atoms with E-state index in [9.17, 15) is 13.2 Å². The third-order valence-corrected chi connectivity index (χ3v) is 4.76. The lowest BCUT2D eigenvalue weighted by atomic mass is 10.3. The molecule has 9 heteroatoms. The van der Waals surface area contributed by atoms with Crippen molar-refractivity contribution in [3.05, 3.63) is 18.2 Å². The Kier molecular flexibility index (Phi) is 9.25. The van der Waals surface area contributed by atoms with Gasteiger partial charge in [0, 0.05) is 38.8 Å². The van der Waals surface area contributed by atoms with Gasteiger partial charge in [0.25, 0.3) is 0 Å². The number of hydrogen-bond acceptors (Lipinski definition) is 6. The van der Waals surface area contributed by atoms with E-state index in [1.165, 1.54) is 32.4 Å². The Balaban J connectivity index is 2.47. The third kappa shape index (κ3) is 7.29. The van der Waals surface area contributed by atoms with E-state index in [1.54, 1.807) is 0 Å². The zero-order chi connectivity index (χ0) is 18.7. The van der Waals surface area contributed by atoms with Crippen molar-refractivity contribution in [1.82, 2.24) is 10.0 Å². The van der Waals surface area contributed by atoms with Crippen LogP contribution in [-0.4, -0.2) is 54.8 Å². The molecule has 1 aromatic rings. The first-order valence-electron chi connectivity index (χ1n) is 8.00. The summed E-state index contributed by atoms with van der Waals surface area (Å²) in [5, 5.41) is 2.71. The molecule has 0 aliphatic heterocycles. The summed E-state index contributed by atoms with van der Waals surface area (Å²) >= 11 is 0. The Labute approximate surface area is 148 Å². The molecule has 0 aliphatic carbocycles. The van der Waals surface area contributed by atoms with Gasteiger partial charge in [-0.3, -0.25) is 4.79 Å². The molecule has 142 valence electrons. The molecule has 0 spiro atoms. The smallest absolute Gasteiger partial charge is 0.240 e. The maximum Gasteiger partial charge on any atom is 0.240 e. The lowest BCUT2D eigenvalue weighted by Gasteiger charge is -2.11. The summed E-state index contributed by atoms with van der Waals surface area (Å²) in [6.07, 6.45) is 0.776. The summed E-state index contributed by atoms with van der Waals surface area (Å²) in [7, 11) is -0.834. The number of sulfonamides is 1. The van der Waals surface area contributed by atoms with Crippen LogP contribution in [0.1, 0.15) is 19.8 Å². The maximum atomic E-state index is 12.3. The lowest BCUT2D eigenvalue weighted by molar-refractivity contribution is -0.120. The van der Waals surface area contributed by atoms with E-state index in [4.69, 9.17) is 14.2 Å². The molecule has 0 heterocycles. The van der Waals surface area contributed by atoms with Crippen molar-refractivity contribution >= 4 is 15.9 Å². The van der Waals surface area contributed by atoms with E-state index in [0.29, 0.717) is 31.3 Å². The first kappa shape index (κ1) is 21.2. The van der Waals surface area contributed by atoms with Crippen molar-refractivity contribution in [2.75, 3.05) is 40.5 Å². The number of benzene rings is 1. The molecule has 0 aromatic heterocycles. The molecule has 0 atom stereocenters. The average molecular weight is 374 g/mol. The molecule has 2 N–H and O–H groups in total. The number of ether oxygens (including phenoxy) is 3. The quantitative estimate of drug-likeness (QED) is 0.527. The van der Waals surface area contributed by atoms with Crippen LogP contribution in [0.25, 0.3) is 0 Å². The molecule has 0 radical (unpaired) electrons. The fourth-order valence-electron chi connectivity index (χ4n) is 2.00. The van der Waals surface area contributed by atoms with E-state index in [2.05, 4.69) is 10.0 Å². The second-order valence-corrected chi connectivity index (χ2v) is 6.83. The first-order chi connectivity index (χ1) is 11.9. The summed E-state index contributed by atoms with van der Waals surface area (Å²) in [6, 6.07) is 4.30. The third-order valence-electron chi connectivity index (χ3n) is 3.30. The van der Waals surface area contributed by atoms with Gasteiger partial charge in [0.15, 0.2) is 11.5 Å². The summed E-state index contributed by atoms with van der Waals surface area (Å²) in [6.45, 7) is 3.65. The molecule has 8 nitrogen and oxygen atoms in total. The van der Waals surface area contributed by atoms with Crippen molar-refractivity contribution in [2.45, 2.75) is 24.7 Å². The van der Waals surface area contributed by atoms with E-state index < -0.39 is 10.0 Å². The minimum atomic E-state index is -3.73. The van der Waals surface area contributed by atoms with Crippen LogP contribution in [0.3, 0.4) is 0 Å². The van der Waals surface area contributed by atoms with Crippen LogP contribution in [0.5, 0.6) is 11.5 Å². The first-order valence-corrected chi connectivity index (χ1v) is 9.49. The molecule has 1 amide bonds. The molecule has 0 aliphatic rings. The minimum absolute atomic E-state index is 0.00791. The van der Waals surface area contributed by atoms with E-state index in [1.807, 2.05) is 6.92 Å². The molecule has 25 heavy (non-hydrogen) atoms. The normalized spacial score (nSPS) is 11.2. The fraction of sp³-hybridized carbons (Fsp3) is 0.562. The molecule has 0 bridgehead atoms. The van der Waals surface area contributed by atoms with Gasteiger partial charge in [0.05, 0.1) is 19.1 Å². The van der Waals surface area contributed by atoms with Crippen LogP contribution < -0.4 is 19.5 Å². The summed E-state index contributed by atoms with van der Waals surface area (Å²) in [4.78, 5) is 11.7. The zero-order valence-electron chi connectivity index (χ0n) is 14.8. The molecule has 0 saturated carbocycles. The molecule has 0 unspecified atom stereocenters. The Morgan fingerprint density at radius 1 is 1.12 bits per heavy atom. The number of carbonyl (C=O) groups excluding carboxylic acids is 1. The van der Waals surface area contributed by atoms with Crippen LogP contribution in [0.4, 0.5) is 0 Å². The van der Waals surface area contributed by atoms with Crippen LogP contribution in [0.2, 0.25) is 0 Å². The summed E-state index contributed by atoms with van der Waals surface area (Å²) in [5.74, 6) is 0.539. The standard InChI is InChI=1S/C16H26N2O6S/c1-4-24-11-5-9-17-16(19)8-10-18-25(20,21)13-6-7-14(22-2)15(12-13)23-3/h6-7,12,18H,4-5,8-11H2,1-3H3,(H,17,19). The Bertz CT molecular complexity index is 648. The van der Waals surface area contributed by atoms with Crippen LogP contribution in [-0.2, 0) is 19.6 Å². The number of carbonyl (C=O) groups is 1. The van der Waals surface area contributed by atoms with Gasteiger partial charge in [-0.1, -0.05) is 0 Å². The Hall–Kier alpha value is -1.84. The Morgan fingerprint density at radius 3 is 2.48 bits per heavy atom. The predicted octanol–water partition coefficient (Wildman–Crippen LogP) is 0.915. The highest BCUT2D eigenvalue weighted by atomic mass is 32.2. The summed E-state index contributed by atoms with van der Waals surface area (Å²) in [5.41, 5.74) is 0. The number of methoxy groups -OCH3 is 2. The largest absolute Gasteiger partial charge is 0.493 e. The highest BCUT2D eigenvalue weighted by Crippen LogP contribution is 2.29. The van der Waals surface area contributed by atoms with Gasteiger partial charge in [0.1, 0.15) is 0 Å². The summed E-state index contributed by atoms with van der Waals surface area (Å²) < 4.78 is 42.2. The highest BCUT2D eigenvalue weighted by molar-refractivity contribution is 7.89. The van der Waals surface area contributed by atoms with Crippen molar-refractivity contribution in [3.8, 4) is 11.5 Å². The number of nitrogens with one attached hydrogen (secondary N) is 2. The predicted molar refractivity (Wildman–Crippen MR) is 93.5 cm³/mol. The number of rotatable bonds is 12. The van der Waals surface area contributed by atoms with Crippen molar-refractivity contribution in [2.24, 2.45) is 0 Å².